The standard InChI is InChI=1S/C33H35N3O6/c1-22-18-27(33(39)35-17-16-34-20-25(35)19-23-8-5-4-6-9-23)31(24-12-14-26(15-13-24)42-21-30(37)38)36(22)28-10-7-11-29(40-2)32(28)41-3/h4-15,18,25,34H,16-17,19-21H2,1-3H3,(H,37,38)/t25-/m1/s1. The molecule has 1 amide bonds. The number of ether oxygens (including phenoxy) is 3. The molecule has 1 saturated heterocycles. The summed E-state index contributed by atoms with van der Waals surface area (Å²) in [6.07, 6.45) is 0.744. The Morgan fingerprint density at radius 2 is 1.74 bits per heavy atom. The maximum absolute atomic E-state index is 14.5. The number of amides is 1. The van der Waals surface area contributed by atoms with E-state index in [4.69, 9.17) is 19.3 Å². The monoisotopic (exact) mass is 569 g/mol. The third kappa shape index (κ3) is 5.96. The fraction of sp³-hybridized carbons (Fsp3) is 0.273. The molecule has 0 saturated carbocycles. The zero-order chi connectivity index (χ0) is 29.6. The van der Waals surface area contributed by atoms with Crippen LogP contribution in [-0.4, -0.2) is 73.0 Å². The Kier molecular flexibility index (Phi) is 8.78. The molecule has 1 fully saturated rings. The highest BCUT2D eigenvalue weighted by atomic mass is 16.5. The number of carbonyl (C=O) groups excluding carboxylic acids is 1. The number of aryl methyl sites for hydroxylation is 1. The highest BCUT2D eigenvalue weighted by Gasteiger charge is 2.32. The van der Waals surface area contributed by atoms with Gasteiger partial charge in [-0.25, -0.2) is 4.79 Å². The molecule has 42 heavy (non-hydrogen) atoms. The van der Waals surface area contributed by atoms with Crippen molar-refractivity contribution in [1.82, 2.24) is 14.8 Å². The van der Waals surface area contributed by atoms with E-state index in [-0.39, 0.29) is 11.9 Å². The maximum Gasteiger partial charge on any atom is 0.341 e. The van der Waals surface area contributed by atoms with Crippen molar-refractivity contribution in [3.05, 3.63) is 95.7 Å². The molecule has 2 heterocycles. The molecule has 1 atom stereocenters. The van der Waals surface area contributed by atoms with Gasteiger partial charge < -0.3 is 34.1 Å². The van der Waals surface area contributed by atoms with Gasteiger partial charge in [0.15, 0.2) is 18.1 Å². The Hall–Kier alpha value is -4.76. The van der Waals surface area contributed by atoms with E-state index in [0.29, 0.717) is 48.1 Å². The molecule has 1 aliphatic rings. The molecule has 0 bridgehead atoms. The average Bonchev–Trinajstić information content (AvgIpc) is 3.36. The molecule has 0 unspecified atom stereocenters. The molecule has 9 heteroatoms. The smallest absolute Gasteiger partial charge is 0.341 e. The lowest BCUT2D eigenvalue weighted by Gasteiger charge is -2.36. The van der Waals surface area contributed by atoms with Gasteiger partial charge in [0.25, 0.3) is 5.91 Å². The number of carboxylic acid groups (broad SMARTS) is 1. The van der Waals surface area contributed by atoms with Crippen LogP contribution in [0.25, 0.3) is 16.9 Å². The van der Waals surface area contributed by atoms with Gasteiger partial charge >= 0.3 is 5.97 Å². The molecule has 9 nitrogen and oxygen atoms in total. The maximum atomic E-state index is 14.5. The van der Waals surface area contributed by atoms with Gasteiger partial charge in [-0.05, 0) is 66.9 Å². The first kappa shape index (κ1) is 28.8. The molecule has 218 valence electrons. The zero-order valence-corrected chi connectivity index (χ0v) is 24.0. The highest BCUT2D eigenvalue weighted by molar-refractivity contribution is 6.01. The van der Waals surface area contributed by atoms with E-state index in [1.165, 1.54) is 5.56 Å². The van der Waals surface area contributed by atoms with Crippen molar-refractivity contribution in [3.63, 3.8) is 0 Å². The summed E-state index contributed by atoms with van der Waals surface area (Å²) < 4.78 is 18.7. The lowest BCUT2D eigenvalue weighted by Crippen LogP contribution is -2.54. The third-order valence-electron chi connectivity index (χ3n) is 7.45. The number of rotatable bonds is 10. The number of piperazine rings is 1. The van der Waals surface area contributed by atoms with Crippen molar-refractivity contribution in [3.8, 4) is 34.2 Å². The highest BCUT2D eigenvalue weighted by Crippen LogP contribution is 2.40. The Labute approximate surface area is 245 Å². The molecule has 2 N–H and O–H groups in total. The Morgan fingerprint density at radius 1 is 0.976 bits per heavy atom. The van der Waals surface area contributed by atoms with E-state index in [0.717, 1.165) is 23.4 Å². The number of aliphatic carboxylic acids is 1. The third-order valence-corrected chi connectivity index (χ3v) is 7.45. The van der Waals surface area contributed by atoms with E-state index in [1.807, 2.05) is 71.0 Å². The average molecular weight is 570 g/mol. The first-order chi connectivity index (χ1) is 20.4. The minimum atomic E-state index is -1.05. The van der Waals surface area contributed by atoms with E-state index < -0.39 is 12.6 Å². The summed E-state index contributed by atoms with van der Waals surface area (Å²) >= 11 is 0. The molecule has 0 spiro atoms. The van der Waals surface area contributed by atoms with Crippen LogP contribution in [0.3, 0.4) is 0 Å². The molecule has 1 aliphatic heterocycles. The number of carboxylic acids is 1. The quantitative estimate of drug-likeness (QED) is 0.288. The number of para-hydroxylation sites is 1. The van der Waals surface area contributed by atoms with E-state index in [9.17, 15) is 9.59 Å². The predicted molar refractivity (Wildman–Crippen MR) is 160 cm³/mol. The van der Waals surface area contributed by atoms with Crippen molar-refractivity contribution < 1.29 is 28.9 Å². The first-order valence-corrected chi connectivity index (χ1v) is 13.9. The second kappa shape index (κ2) is 12.8. The lowest BCUT2D eigenvalue weighted by molar-refractivity contribution is -0.139. The van der Waals surface area contributed by atoms with Gasteiger partial charge in [0, 0.05) is 31.4 Å². The van der Waals surface area contributed by atoms with Crippen LogP contribution in [0.15, 0.2) is 78.9 Å². The van der Waals surface area contributed by atoms with Gasteiger partial charge in [-0.2, -0.15) is 0 Å². The van der Waals surface area contributed by atoms with Crippen LogP contribution in [0, 0.1) is 6.92 Å². The minimum absolute atomic E-state index is 0.0108. The SMILES string of the molecule is COc1cccc(-n2c(C)cc(C(=O)N3CCNC[C@H]3Cc3ccccc3)c2-c2ccc(OCC(=O)O)cc2)c1OC. The Bertz CT molecular complexity index is 1550. The van der Waals surface area contributed by atoms with E-state index >= 15 is 0 Å². The first-order valence-electron chi connectivity index (χ1n) is 13.9. The summed E-state index contributed by atoms with van der Waals surface area (Å²) in [5, 5.41) is 12.5. The van der Waals surface area contributed by atoms with Gasteiger partial charge in [0.2, 0.25) is 0 Å². The molecular weight excluding hydrogens is 534 g/mol. The van der Waals surface area contributed by atoms with Gasteiger partial charge in [-0.3, -0.25) is 4.79 Å². The molecule has 4 aromatic rings. The molecule has 0 aliphatic carbocycles. The number of hydrogen-bond acceptors (Lipinski definition) is 6. The zero-order valence-electron chi connectivity index (χ0n) is 24.0. The van der Waals surface area contributed by atoms with Crippen LogP contribution in [0.1, 0.15) is 21.6 Å². The van der Waals surface area contributed by atoms with Crippen LogP contribution in [0.4, 0.5) is 0 Å². The Balaban J connectivity index is 1.62. The summed E-state index contributed by atoms with van der Waals surface area (Å²) in [5.41, 5.74) is 4.80. The van der Waals surface area contributed by atoms with E-state index in [1.54, 1.807) is 26.4 Å². The van der Waals surface area contributed by atoms with Crippen molar-refractivity contribution in [2.45, 2.75) is 19.4 Å². The van der Waals surface area contributed by atoms with Crippen LogP contribution < -0.4 is 19.5 Å². The van der Waals surface area contributed by atoms with Gasteiger partial charge in [0.1, 0.15) is 5.75 Å². The summed E-state index contributed by atoms with van der Waals surface area (Å²) in [6.45, 7) is 3.53. The molecule has 3 aromatic carbocycles. The number of benzene rings is 3. The number of nitrogens with zero attached hydrogens (tertiary/aromatic N) is 2. The summed E-state index contributed by atoms with van der Waals surface area (Å²) in [5.74, 6) is 0.437. The number of nitrogens with one attached hydrogen (secondary N) is 1. The predicted octanol–water partition coefficient (Wildman–Crippen LogP) is 4.59. The number of carbonyl (C=O) groups is 2. The summed E-state index contributed by atoms with van der Waals surface area (Å²) in [4.78, 5) is 27.4. The lowest BCUT2D eigenvalue weighted by atomic mass is 10.0. The van der Waals surface area contributed by atoms with Gasteiger partial charge in [-0.1, -0.05) is 36.4 Å². The molecule has 1 aromatic heterocycles. The minimum Gasteiger partial charge on any atom is -0.493 e. The van der Waals surface area contributed by atoms with Crippen LogP contribution >= 0.6 is 0 Å². The van der Waals surface area contributed by atoms with Crippen molar-refractivity contribution in [2.75, 3.05) is 40.5 Å². The van der Waals surface area contributed by atoms with Gasteiger partial charge in [-0.15, -0.1) is 0 Å². The topological polar surface area (TPSA) is 102 Å². The number of aromatic nitrogens is 1. The second-order valence-corrected chi connectivity index (χ2v) is 10.1. The van der Waals surface area contributed by atoms with Crippen molar-refractivity contribution in [1.29, 1.82) is 0 Å². The van der Waals surface area contributed by atoms with Crippen LogP contribution in [-0.2, 0) is 11.2 Å². The summed E-state index contributed by atoms with van der Waals surface area (Å²) in [7, 11) is 3.18. The normalized spacial score (nSPS) is 14.8. The van der Waals surface area contributed by atoms with Crippen LogP contribution in [0.2, 0.25) is 0 Å². The summed E-state index contributed by atoms with van der Waals surface area (Å²) in [6, 6.07) is 24.9. The van der Waals surface area contributed by atoms with Crippen molar-refractivity contribution >= 4 is 11.9 Å². The molecule has 5 rings (SSSR count). The fourth-order valence-electron chi connectivity index (χ4n) is 5.55. The molecule has 0 radical (unpaired) electrons. The second-order valence-electron chi connectivity index (χ2n) is 10.1. The molecular formula is C33H35N3O6. The van der Waals surface area contributed by atoms with E-state index in [2.05, 4.69) is 17.4 Å². The number of hydrogen-bond donors (Lipinski definition) is 2. The fourth-order valence-corrected chi connectivity index (χ4v) is 5.55. The Morgan fingerprint density at radius 3 is 2.43 bits per heavy atom. The van der Waals surface area contributed by atoms with Gasteiger partial charge in [0.05, 0.1) is 31.2 Å². The largest absolute Gasteiger partial charge is 0.493 e. The van der Waals surface area contributed by atoms with Crippen molar-refractivity contribution in [2.24, 2.45) is 0 Å². The number of methoxy groups -OCH3 is 2. The van der Waals surface area contributed by atoms with Crippen LogP contribution in [0.5, 0.6) is 17.2 Å².